The van der Waals surface area contributed by atoms with E-state index in [1.165, 1.54) is 0 Å². The Balaban J connectivity index is 2.21. The molecule has 0 spiro atoms. The smallest absolute Gasteiger partial charge is 0.0954 e. The van der Waals surface area contributed by atoms with Gasteiger partial charge in [-0.1, -0.05) is 6.92 Å². The molecule has 0 aliphatic carbocycles. The number of aryl methyl sites for hydroxylation is 1. The lowest BCUT2D eigenvalue weighted by Crippen LogP contribution is -2.23. The number of hydrogen-bond acceptors (Lipinski definition) is 3. The SMILES string of the molecule is CCCNC(c1ccoc1)c1ccn(C)n1. The molecule has 0 amide bonds. The Morgan fingerprint density at radius 1 is 1.50 bits per heavy atom. The second-order valence-electron chi connectivity index (χ2n) is 3.86. The molecule has 16 heavy (non-hydrogen) atoms. The Hall–Kier alpha value is -1.55. The molecule has 2 rings (SSSR count). The summed E-state index contributed by atoms with van der Waals surface area (Å²) in [7, 11) is 1.93. The maximum atomic E-state index is 5.13. The van der Waals surface area contributed by atoms with Crippen molar-refractivity contribution in [2.75, 3.05) is 6.54 Å². The molecule has 0 fully saturated rings. The molecule has 4 nitrogen and oxygen atoms in total. The average Bonchev–Trinajstić information content (AvgIpc) is 2.91. The Morgan fingerprint density at radius 3 is 2.94 bits per heavy atom. The molecule has 0 aliphatic rings. The van der Waals surface area contributed by atoms with Gasteiger partial charge < -0.3 is 9.73 Å². The Labute approximate surface area is 95.3 Å². The number of hydrogen-bond donors (Lipinski definition) is 1. The molecule has 0 saturated heterocycles. The molecule has 1 unspecified atom stereocenters. The third kappa shape index (κ3) is 2.33. The molecule has 1 N–H and O–H groups in total. The molecule has 2 aromatic heterocycles. The molecule has 2 heterocycles. The minimum atomic E-state index is 0.125. The number of aromatic nitrogens is 2. The summed E-state index contributed by atoms with van der Waals surface area (Å²) >= 11 is 0. The highest BCUT2D eigenvalue weighted by molar-refractivity contribution is 5.23. The average molecular weight is 219 g/mol. The quantitative estimate of drug-likeness (QED) is 0.837. The van der Waals surface area contributed by atoms with Crippen LogP contribution in [0.5, 0.6) is 0 Å². The van der Waals surface area contributed by atoms with E-state index < -0.39 is 0 Å². The summed E-state index contributed by atoms with van der Waals surface area (Å²) in [4.78, 5) is 0. The van der Waals surface area contributed by atoms with Gasteiger partial charge in [-0.2, -0.15) is 5.10 Å². The van der Waals surface area contributed by atoms with Crippen LogP contribution < -0.4 is 5.32 Å². The van der Waals surface area contributed by atoms with Gasteiger partial charge in [-0.15, -0.1) is 0 Å². The standard InChI is InChI=1S/C12H17N3O/c1-3-6-13-12(10-5-8-16-9-10)11-4-7-15(2)14-11/h4-5,7-9,12-13H,3,6H2,1-2H3. The van der Waals surface area contributed by atoms with Gasteiger partial charge in [0.25, 0.3) is 0 Å². The summed E-state index contributed by atoms with van der Waals surface area (Å²) in [5.41, 5.74) is 2.14. The van der Waals surface area contributed by atoms with Crippen molar-refractivity contribution < 1.29 is 4.42 Å². The van der Waals surface area contributed by atoms with Gasteiger partial charge in [0.05, 0.1) is 24.3 Å². The second-order valence-corrected chi connectivity index (χ2v) is 3.86. The van der Waals surface area contributed by atoms with Crippen LogP contribution >= 0.6 is 0 Å². The highest BCUT2D eigenvalue weighted by Gasteiger charge is 2.16. The van der Waals surface area contributed by atoms with Gasteiger partial charge in [0.2, 0.25) is 0 Å². The van der Waals surface area contributed by atoms with Gasteiger partial charge in [0, 0.05) is 18.8 Å². The Morgan fingerprint density at radius 2 is 2.38 bits per heavy atom. The lowest BCUT2D eigenvalue weighted by Gasteiger charge is -2.14. The van der Waals surface area contributed by atoms with E-state index in [4.69, 9.17) is 4.42 Å². The predicted octanol–water partition coefficient (Wildman–Crippen LogP) is 2.10. The zero-order valence-corrected chi connectivity index (χ0v) is 9.68. The summed E-state index contributed by atoms with van der Waals surface area (Å²) in [6.07, 6.45) is 6.51. The number of rotatable bonds is 5. The molecule has 0 bridgehead atoms. The fourth-order valence-electron chi connectivity index (χ4n) is 1.71. The molecule has 2 aromatic rings. The third-order valence-electron chi connectivity index (χ3n) is 2.50. The van der Waals surface area contributed by atoms with Gasteiger partial charge in [0.1, 0.15) is 0 Å². The van der Waals surface area contributed by atoms with E-state index in [1.807, 2.05) is 30.1 Å². The van der Waals surface area contributed by atoms with E-state index in [9.17, 15) is 0 Å². The third-order valence-corrected chi connectivity index (χ3v) is 2.50. The monoisotopic (exact) mass is 219 g/mol. The topological polar surface area (TPSA) is 43.0 Å². The maximum Gasteiger partial charge on any atom is 0.0954 e. The summed E-state index contributed by atoms with van der Waals surface area (Å²) < 4.78 is 6.94. The lowest BCUT2D eigenvalue weighted by molar-refractivity contribution is 0.541. The van der Waals surface area contributed by atoms with E-state index >= 15 is 0 Å². The van der Waals surface area contributed by atoms with Crippen LogP contribution in [0, 0.1) is 0 Å². The van der Waals surface area contributed by atoms with Crippen molar-refractivity contribution in [3.8, 4) is 0 Å². The van der Waals surface area contributed by atoms with Crippen LogP contribution in [0.4, 0.5) is 0 Å². The number of nitrogens with one attached hydrogen (secondary N) is 1. The lowest BCUT2D eigenvalue weighted by atomic mass is 10.1. The van der Waals surface area contributed by atoms with Gasteiger partial charge in [-0.05, 0) is 25.1 Å². The first-order valence-electron chi connectivity index (χ1n) is 5.56. The fourth-order valence-corrected chi connectivity index (χ4v) is 1.71. The molecule has 0 saturated carbocycles. The van der Waals surface area contributed by atoms with Crippen LogP contribution in [0.3, 0.4) is 0 Å². The fraction of sp³-hybridized carbons (Fsp3) is 0.417. The van der Waals surface area contributed by atoms with Crippen molar-refractivity contribution in [2.24, 2.45) is 7.05 Å². The molecular formula is C12H17N3O. The first-order valence-corrected chi connectivity index (χ1v) is 5.56. The van der Waals surface area contributed by atoms with Crippen LogP contribution in [0.1, 0.15) is 30.6 Å². The molecule has 0 aliphatic heterocycles. The van der Waals surface area contributed by atoms with E-state index in [0.717, 1.165) is 24.2 Å². The highest BCUT2D eigenvalue weighted by Crippen LogP contribution is 2.20. The van der Waals surface area contributed by atoms with Crippen LogP contribution in [-0.2, 0) is 7.05 Å². The van der Waals surface area contributed by atoms with E-state index in [-0.39, 0.29) is 6.04 Å². The van der Waals surface area contributed by atoms with E-state index in [2.05, 4.69) is 17.3 Å². The second kappa shape index (κ2) is 4.99. The summed E-state index contributed by atoms with van der Waals surface area (Å²) in [6.45, 7) is 3.12. The van der Waals surface area contributed by atoms with Crippen molar-refractivity contribution in [3.05, 3.63) is 42.1 Å². The van der Waals surface area contributed by atoms with Gasteiger partial charge >= 0.3 is 0 Å². The molecule has 4 heteroatoms. The van der Waals surface area contributed by atoms with Crippen LogP contribution in [0.25, 0.3) is 0 Å². The van der Waals surface area contributed by atoms with Crippen LogP contribution in [-0.4, -0.2) is 16.3 Å². The van der Waals surface area contributed by atoms with Gasteiger partial charge in [0.15, 0.2) is 0 Å². The minimum absolute atomic E-state index is 0.125. The summed E-state index contributed by atoms with van der Waals surface area (Å²) in [5.74, 6) is 0. The van der Waals surface area contributed by atoms with Gasteiger partial charge in [-0.25, -0.2) is 0 Å². The summed E-state index contributed by atoms with van der Waals surface area (Å²) in [6, 6.07) is 4.13. The summed E-state index contributed by atoms with van der Waals surface area (Å²) in [5, 5.41) is 7.90. The largest absolute Gasteiger partial charge is 0.472 e. The molecule has 0 radical (unpaired) electrons. The maximum absolute atomic E-state index is 5.13. The minimum Gasteiger partial charge on any atom is -0.472 e. The van der Waals surface area contributed by atoms with Crippen molar-refractivity contribution in [1.29, 1.82) is 0 Å². The normalized spacial score (nSPS) is 12.9. The highest BCUT2D eigenvalue weighted by atomic mass is 16.3. The molecule has 86 valence electrons. The van der Waals surface area contributed by atoms with Crippen molar-refractivity contribution >= 4 is 0 Å². The Kier molecular flexibility index (Phi) is 3.41. The van der Waals surface area contributed by atoms with Crippen molar-refractivity contribution in [3.63, 3.8) is 0 Å². The van der Waals surface area contributed by atoms with E-state index in [1.54, 1.807) is 12.5 Å². The van der Waals surface area contributed by atoms with Crippen molar-refractivity contribution in [2.45, 2.75) is 19.4 Å². The van der Waals surface area contributed by atoms with Gasteiger partial charge in [-0.3, -0.25) is 4.68 Å². The molecule has 0 aromatic carbocycles. The first-order chi connectivity index (χ1) is 7.81. The predicted molar refractivity (Wildman–Crippen MR) is 62.1 cm³/mol. The van der Waals surface area contributed by atoms with Crippen LogP contribution in [0.15, 0.2) is 35.3 Å². The molecular weight excluding hydrogens is 202 g/mol. The number of furan rings is 1. The number of nitrogens with zero attached hydrogens (tertiary/aromatic N) is 2. The zero-order chi connectivity index (χ0) is 11.4. The Bertz CT molecular complexity index is 419. The van der Waals surface area contributed by atoms with E-state index in [0.29, 0.717) is 0 Å². The first kappa shape index (κ1) is 11.0. The van der Waals surface area contributed by atoms with Crippen LogP contribution in [0.2, 0.25) is 0 Å². The zero-order valence-electron chi connectivity index (χ0n) is 9.68. The van der Waals surface area contributed by atoms with Crippen molar-refractivity contribution in [1.82, 2.24) is 15.1 Å². The molecule has 1 atom stereocenters.